The average Bonchev–Trinajstić information content (AvgIpc) is 2.99. The molecule has 0 radical (unpaired) electrons. The van der Waals surface area contributed by atoms with Gasteiger partial charge in [0.15, 0.2) is 0 Å². The fourth-order valence-corrected chi connectivity index (χ4v) is 3.49. The minimum absolute atomic E-state index is 0.0179. The van der Waals surface area contributed by atoms with E-state index in [0.29, 0.717) is 6.42 Å². The van der Waals surface area contributed by atoms with E-state index in [4.69, 9.17) is 4.74 Å². The molecule has 1 amide bonds. The maximum atomic E-state index is 12.0. The Bertz CT molecular complexity index is 632. The number of thiophene rings is 1. The van der Waals surface area contributed by atoms with Crippen LogP contribution in [0.25, 0.3) is 0 Å². The molecule has 1 fully saturated rings. The normalized spacial score (nSPS) is 21.2. The van der Waals surface area contributed by atoms with Crippen molar-refractivity contribution >= 4 is 28.7 Å². The molecular weight excluding hydrogens is 310 g/mol. The highest BCUT2D eigenvalue weighted by molar-refractivity contribution is 7.10. The second kappa shape index (κ2) is 7.10. The molecule has 0 saturated carbocycles. The highest BCUT2D eigenvalue weighted by Gasteiger charge is 2.23. The first-order valence-electron chi connectivity index (χ1n) is 7.79. The molecule has 122 valence electrons. The first-order chi connectivity index (χ1) is 11.1. The lowest BCUT2D eigenvalue weighted by Crippen LogP contribution is -2.45. The number of pyridine rings is 1. The van der Waals surface area contributed by atoms with E-state index in [0.717, 1.165) is 29.5 Å². The number of nitrogens with zero attached hydrogens (tertiary/aromatic N) is 2. The van der Waals surface area contributed by atoms with E-state index in [2.05, 4.69) is 29.0 Å². The Kier molecular flexibility index (Phi) is 4.93. The molecule has 5 nitrogen and oxygen atoms in total. The van der Waals surface area contributed by atoms with Crippen molar-refractivity contribution < 1.29 is 9.53 Å². The molecule has 0 bridgehead atoms. The summed E-state index contributed by atoms with van der Waals surface area (Å²) in [5.74, 6) is 0.902. The van der Waals surface area contributed by atoms with Crippen LogP contribution in [0.15, 0.2) is 35.8 Å². The maximum absolute atomic E-state index is 12.0. The van der Waals surface area contributed by atoms with Gasteiger partial charge in [-0.25, -0.2) is 4.98 Å². The molecule has 1 N–H and O–H groups in total. The summed E-state index contributed by atoms with van der Waals surface area (Å²) in [5.41, 5.74) is 0.727. The lowest BCUT2D eigenvalue weighted by molar-refractivity contribution is -0.115. The molecule has 6 heteroatoms. The van der Waals surface area contributed by atoms with Gasteiger partial charge in [-0.1, -0.05) is 6.07 Å². The molecule has 3 rings (SSSR count). The molecule has 2 atom stereocenters. The van der Waals surface area contributed by atoms with Crippen molar-refractivity contribution in [2.75, 3.05) is 23.3 Å². The molecule has 1 aliphatic rings. The Morgan fingerprint density at radius 2 is 2.13 bits per heavy atom. The van der Waals surface area contributed by atoms with Crippen LogP contribution in [0.4, 0.5) is 11.5 Å². The number of anilines is 2. The van der Waals surface area contributed by atoms with Crippen LogP contribution in [0.3, 0.4) is 0 Å². The van der Waals surface area contributed by atoms with E-state index in [1.54, 1.807) is 17.5 Å². The third-order valence-corrected chi connectivity index (χ3v) is 4.57. The maximum Gasteiger partial charge on any atom is 0.229 e. The number of aromatic nitrogens is 1. The molecule has 2 aromatic rings. The molecule has 0 aromatic carbocycles. The zero-order chi connectivity index (χ0) is 16.2. The molecule has 2 unspecified atom stereocenters. The minimum atomic E-state index is -0.0179. The van der Waals surface area contributed by atoms with Gasteiger partial charge in [-0.2, -0.15) is 0 Å². The molecule has 0 aliphatic carbocycles. The van der Waals surface area contributed by atoms with Gasteiger partial charge in [0.1, 0.15) is 5.82 Å². The third-order valence-electron chi connectivity index (χ3n) is 3.69. The zero-order valence-corrected chi connectivity index (χ0v) is 14.2. The fraction of sp³-hybridized carbons (Fsp3) is 0.412. The van der Waals surface area contributed by atoms with Crippen LogP contribution in [0, 0.1) is 0 Å². The number of ether oxygens (including phenoxy) is 1. The number of hydrogen-bond acceptors (Lipinski definition) is 5. The highest BCUT2D eigenvalue weighted by atomic mass is 32.1. The third kappa shape index (κ3) is 4.30. The van der Waals surface area contributed by atoms with Crippen molar-refractivity contribution in [2.24, 2.45) is 0 Å². The van der Waals surface area contributed by atoms with Gasteiger partial charge in [0.2, 0.25) is 5.91 Å². The summed E-state index contributed by atoms with van der Waals surface area (Å²) in [4.78, 5) is 19.7. The number of amides is 1. The number of carbonyl (C=O) groups excluding carboxylic acids is 1. The van der Waals surface area contributed by atoms with Crippen LogP contribution in [0.5, 0.6) is 0 Å². The van der Waals surface area contributed by atoms with Gasteiger partial charge in [-0.05, 0) is 37.4 Å². The number of rotatable bonds is 4. The molecule has 1 aliphatic heterocycles. The summed E-state index contributed by atoms with van der Waals surface area (Å²) in [6, 6.07) is 7.77. The molecule has 3 heterocycles. The van der Waals surface area contributed by atoms with Gasteiger partial charge in [-0.3, -0.25) is 4.79 Å². The summed E-state index contributed by atoms with van der Waals surface area (Å²) < 4.78 is 5.74. The van der Waals surface area contributed by atoms with Crippen LogP contribution >= 0.6 is 11.3 Å². The number of nitrogens with one attached hydrogen (secondary N) is 1. The van der Waals surface area contributed by atoms with Crippen molar-refractivity contribution in [3.8, 4) is 0 Å². The van der Waals surface area contributed by atoms with E-state index >= 15 is 0 Å². The summed E-state index contributed by atoms with van der Waals surface area (Å²) in [7, 11) is 0. The van der Waals surface area contributed by atoms with Crippen LogP contribution in [-0.4, -0.2) is 36.2 Å². The van der Waals surface area contributed by atoms with Gasteiger partial charge in [0.25, 0.3) is 0 Å². The van der Waals surface area contributed by atoms with E-state index in [-0.39, 0.29) is 18.1 Å². The number of morpholine rings is 1. The second-order valence-corrected chi connectivity index (χ2v) is 6.90. The van der Waals surface area contributed by atoms with Gasteiger partial charge in [0.05, 0.1) is 30.5 Å². The van der Waals surface area contributed by atoms with Crippen molar-refractivity contribution in [2.45, 2.75) is 32.5 Å². The highest BCUT2D eigenvalue weighted by Crippen LogP contribution is 2.20. The Labute approximate surface area is 140 Å². The Hall–Kier alpha value is -1.92. The lowest BCUT2D eigenvalue weighted by atomic mass is 10.2. The molecule has 23 heavy (non-hydrogen) atoms. The number of carbonyl (C=O) groups is 1. The quantitative estimate of drug-likeness (QED) is 0.936. The van der Waals surface area contributed by atoms with Crippen LogP contribution in [-0.2, 0) is 16.0 Å². The Balaban J connectivity index is 1.59. The van der Waals surface area contributed by atoms with E-state index in [1.807, 2.05) is 29.6 Å². The predicted octanol–water partition coefficient (Wildman–Crippen LogP) is 2.94. The largest absolute Gasteiger partial charge is 0.372 e. The first kappa shape index (κ1) is 16.0. The summed E-state index contributed by atoms with van der Waals surface area (Å²) in [6.45, 7) is 5.81. The number of hydrogen-bond donors (Lipinski definition) is 1. The summed E-state index contributed by atoms with van der Waals surface area (Å²) in [6.07, 6.45) is 2.51. The molecule has 2 aromatic heterocycles. The second-order valence-electron chi connectivity index (χ2n) is 5.87. The van der Waals surface area contributed by atoms with E-state index < -0.39 is 0 Å². The van der Waals surface area contributed by atoms with Gasteiger partial charge >= 0.3 is 0 Å². The van der Waals surface area contributed by atoms with E-state index in [9.17, 15) is 4.79 Å². The SMILES string of the molecule is CC1CN(c2ccc(NC(=O)Cc3cccs3)cn2)CC(C)O1. The van der Waals surface area contributed by atoms with Crippen LogP contribution < -0.4 is 10.2 Å². The van der Waals surface area contributed by atoms with Crippen molar-refractivity contribution in [3.05, 3.63) is 40.7 Å². The lowest BCUT2D eigenvalue weighted by Gasteiger charge is -2.36. The van der Waals surface area contributed by atoms with Crippen LogP contribution in [0.2, 0.25) is 0 Å². The fourth-order valence-electron chi connectivity index (χ4n) is 2.79. The summed E-state index contributed by atoms with van der Waals surface area (Å²) in [5, 5.41) is 4.87. The van der Waals surface area contributed by atoms with Gasteiger partial charge in [-0.15, -0.1) is 11.3 Å². The topological polar surface area (TPSA) is 54.5 Å². The van der Waals surface area contributed by atoms with Crippen molar-refractivity contribution in [1.82, 2.24) is 4.98 Å². The molecule has 0 spiro atoms. The predicted molar refractivity (Wildman–Crippen MR) is 93.1 cm³/mol. The monoisotopic (exact) mass is 331 g/mol. The van der Waals surface area contributed by atoms with E-state index in [1.165, 1.54) is 0 Å². The smallest absolute Gasteiger partial charge is 0.229 e. The van der Waals surface area contributed by atoms with Gasteiger partial charge in [0, 0.05) is 18.0 Å². The van der Waals surface area contributed by atoms with Gasteiger partial charge < -0.3 is 15.0 Å². The molecule has 1 saturated heterocycles. The minimum Gasteiger partial charge on any atom is -0.372 e. The summed E-state index contributed by atoms with van der Waals surface area (Å²) >= 11 is 1.59. The average molecular weight is 331 g/mol. The first-order valence-corrected chi connectivity index (χ1v) is 8.67. The Morgan fingerprint density at radius 3 is 2.74 bits per heavy atom. The molecular formula is C17H21N3O2S. The van der Waals surface area contributed by atoms with Crippen molar-refractivity contribution in [3.63, 3.8) is 0 Å². The van der Waals surface area contributed by atoms with Crippen molar-refractivity contribution in [1.29, 1.82) is 0 Å². The Morgan fingerprint density at radius 1 is 1.35 bits per heavy atom. The standard InChI is InChI=1S/C17H21N3O2S/c1-12-10-20(11-13(2)22-12)16-6-5-14(9-18-16)19-17(21)8-15-4-3-7-23-15/h3-7,9,12-13H,8,10-11H2,1-2H3,(H,19,21). The van der Waals surface area contributed by atoms with Crippen LogP contribution in [0.1, 0.15) is 18.7 Å². The zero-order valence-electron chi connectivity index (χ0n) is 13.4.